The summed E-state index contributed by atoms with van der Waals surface area (Å²) in [7, 11) is 0. The SMILES string of the molecule is CC(C)(C)OC(=O)Nc1cccc(F)c1NCC[C@H](NC(=O)OC(C)(C)C)C(=O)OC(C)(C)C. The second kappa shape index (κ2) is 11.4. The van der Waals surface area contributed by atoms with Gasteiger partial charge in [-0.2, -0.15) is 0 Å². The lowest BCUT2D eigenvalue weighted by Crippen LogP contribution is -2.46. The van der Waals surface area contributed by atoms with Gasteiger partial charge in [-0.1, -0.05) is 6.07 Å². The molecule has 1 aromatic carbocycles. The number of ether oxygens (including phenoxy) is 3. The van der Waals surface area contributed by atoms with Crippen molar-refractivity contribution >= 4 is 29.5 Å². The largest absolute Gasteiger partial charge is 0.458 e. The molecule has 10 heteroatoms. The van der Waals surface area contributed by atoms with Crippen molar-refractivity contribution < 1.29 is 33.0 Å². The first-order valence-corrected chi connectivity index (χ1v) is 11.1. The maximum absolute atomic E-state index is 14.5. The number of alkyl carbamates (subject to hydrolysis) is 1. The van der Waals surface area contributed by atoms with E-state index >= 15 is 0 Å². The van der Waals surface area contributed by atoms with E-state index in [-0.39, 0.29) is 24.3 Å². The second-order valence-electron chi connectivity index (χ2n) is 10.7. The molecule has 3 N–H and O–H groups in total. The fourth-order valence-corrected chi connectivity index (χ4v) is 2.63. The molecule has 9 nitrogen and oxygen atoms in total. The van der Waals surface area contributed by atoms with E-state index in [1.54, 1.807) is 62.3 Å². The lowest BCUT2D eigenvalue weighted by molar-refractivity contribution is -0.157. The molecule has 0 fully saturated rings. The van der Waals surface area contributed by atoms with Crippen molar-refractivity contribution in [2.24, 2.45) is 0 Å². The summed E-state index contributed by atoms with van der Waals surface area (Å²) in [4.78, 5) is 37.0. The summed E-state index contributed by atoms with van der Waals surface area (Å²) >= 11 is 0. The second-order valence-corrected chi connectivity index (χ2v) is 10.7. The number of halogens is 1. The Kier molecular flexibility index (Phi) is 9.72. The normalized spacial score (nSPS) is 12.9. The molecular formula is C24H38FN3O6. The summed E-state index contributed by atoms with van der Waals surface area (Å²) in [6.07, 6.45) is -1.45. The van der Waals surface area contributed by atoms with Crippen molar-refractivity contribution in [3.8, 4) is 0 Å². The van der Waals surface area contributed by atoms with Gasteiger partial charge in [-0.05, 0) is 80.9 Å². The van der Waals surface area contributed by atoms with E-state index in [4.69, 9.17) is 14.2 Å². The molecule has 1 atom stereocenters. The predicted molar refractivity (Wildman–Crippen MR) is 128 cm³/mol. The molecule has 0 bridgehead atoms. The number of hydrogen-bond donors (Lipinski definition) is 3. The topological polar surface area (TPSA) is 115 Å². The lowest BCUT2D eigenvalue weighted by Gasteiger charge is -2.26. The van der Waals surface area contributed by atoms with Crippen molar-refractivity contribution in [3.63, 3.8) is 0 Å². The van der Waals surface area contributed by atoms with E-state index in [2.05, 4.69) is 16.0 Å². The van der Waals surface area contributed by atoms with Crippen molar-refractivity contribution in [3.05, 3.63) is 24.0 Å². The Bertz CT molecular complexity index is 869. The minimum atomic E-state index is -1.05. The Morgan fingerprint density at radius 1 is 0.853 bits per heavy atom. The zero-order chi connectivity index (χ0) is 26.3. The van der Waals surface area contributed by atoms with Crippen LogP contribution in [0.15, 0.2) is 18.2 Å². The summed E-state index contributed by atoms with van der Waals surface area (Å²) in [5.74, 6) is -1.26. The molecule has 0 radical (unpaired) electrons. The Morgan fingerprint density at radius 2 is 1.38 bits per heavy atom. The maximum atomic E-state index is 14.5. The van der Waals surface area contributed by atoms with Gasteiger partial charge in [0.1, 0.15) is 28.7 Å². The Balaban J connectivity index is 2.94. The van der Waals surface area contributed by atoms with Crippen molar-refractivity contribution in [1.82, 2.24) is 5.32 Å². The zero-order valence-electron chi connectivity index (χ0n) is 21.6. The van der Waals surface area contributed by atoms with Crippen LogP contribution in [0.3, 0.4) is 0 Å². The van der Waals surface area contributed by atoms with E-state index in [0.717, 1.165) is 0 Å². The van der Waals surface area contributed by atoms with Gasteiger partial charge in [0.25, 0.3) is 0 Å². The summed E-state index contributed by atoms with van der Waals surface area (Å²) < 4.78 is 30.4. The van der Waals surface area contributed by atoms with Crippen LogP contribution in [0.25, 0.3) is 0 Å². The first-order chi connectivity index (χ1) is 15.4. The fourth-order valence-electron chi connectivity index (χ4n) is 2.63. The first-order valence-electron chi connectivity index (χ1n) is 11.1. The molecule has 0 unspecified atom stereocenters. The standard InChI is InChI=1S/C24H38FN3O6/c1-22(2,3)32-19(29)17(28-21(31)34-24(7,8)9)13-14-26-18-15(25)11-10-12-16(18)27-20(30)33-23(4,5)6/h10-12,17,26H,13-14H2,1-9H3,(H,27,30)(H,28,31)/t17-/m0/s1. The van der Waals surface area contributed by atoms with E-state index in [9.17, 15) is 18.8 Å². The van der Waals surface area contributed by atoms with Crippen molar-refractivity contribution in [2.75, 3.05) is 17.2 Å². The van der Waals surface area contributed by atoms with Gasteiger partial charge in [0, 0.05) is 6.54 Å². The van der Waals surface area contributed by atoms with Gasteiger partial charge >= 0.3 is 18.2 Å². The minimum absolute atomic E-state index is 0.0218. The van der Waals surface area contributed by atoms with E-state index in [0.29, 0.717) is 0 Å². The van der Waals surface area contributed by atoms with Gasteiger partial charge in [-0.3, -0.25) is 5.32 Å². The van der Waals surface area contributed by atoms with E-state index < -0.39 is 46.8 Å². The number of rotatable bonds is 7. The molecule has 0 aliphatic carbocycles. The summed E-state index contributed by atoms with van der Waals surface area (Å²) in [6, 6.07) is 3.14. The van der Waals surface area contributed by atoms with Gasteiger partial charge in [-0.25, -0.2) is 18.8 Å². The third-order valence-electron chi connectivity index (χ3n) is 3.77. The highest BCUT2D eigenvalue weighted by molar-refractivity contribution is 5.89. The number of hydrogen-bond acceptors (Lipinski definition) is 7. The molecule has 192 valence electrons. The molecule has 0 aliphatic rings. The number of carbonyl (C=O) groups excluding carboxylic acids is 3. The molecule has 2 amide bonds. The van der Waals surface area contributed by atoms with Crippen LogP contribution < -0.4 is 16.0 Å². The minimum Gasteiger partial charge on any atom is -0.458 e. The van der Waals surface area contributed by atoms with Gasteiger partial charge in [0.2, 0.25) is 0 Å². The van der Waals surface area contributed by atoms with Crippen LogP contribution in [0.4, 0.5) is 25.4 Å². The van der Waals surface area contributed by atoms with Crippen LogP contribution in [0.5, 0.6) is 0 Å². The highest BCUT2D eigenvalue weighted by Gasteiger charge is 2.28. The molecule has 34 heavy (non-hydrogen) atoms. The molecule has 0 heterocycles. The number of benzene rings is 1. The highest BCUT2D eigenvalue weighted by atomic mass is 19.1. The fraction of sp³-hybridized carbons (Fsp3) is 0.625. The zero-order valence-corrected chi connectivity index (χ0v) is 21.6. The number of nitrogens with one attached hydrogen (secondary N) is 3. The molecule has 0 aromatic heterocycles. The molecule has 0 spiro atoms. The Hall–Kier alpha value is -3.04. The molecule has 1 rings (SSSR count). The molecule has 0 saturated heterocycles. The monoisotopic (exact) mass is 483 g/mol. The van der Waals surface area contributed by atoms with Crippen LogP contribution in [0.1, 0.15) is 68.7 Å². The van der Waals surface area contributed by atoms with E-state index in [1.165, 1.54) is 18.2 Å². The Morgan fingerprint density at radius 3 is 1.91 bits per heavy atom. The molecule has 0 saturated carbocycles. The quantitative estimate of drug-likeness (QED) is 0.360. The van der Waals surface area contributed by atoms with Crippen LogP contribution >= 0.6 is 0 Å². The maximum Gasteiger partial charge on any atom is 0.412 e. The Labute approximate surface area is 201 Å². The van der Waals surface area contributed by atoms with Crippen LogP contribution in [-0.2, 0) is 19.0 Å². The summed E-state index contributed by atoms with van der Waals surface area (Å²) in [6.45, 7) is 15.5. The lowest BCUT2D eigenvalue weighted by atomic mass is 10.1. The smallest absolute Gasteiger partial charge is 0.412 e. The number of amides is 2. The van der Waals surface area contributed by atoms with Crippen LogP contribution in [0, 0.1) is 5.82 Å². The number of carbonyl (C=O) groups is 3. The average molecular weight is 484 g/mol. The van der Waals surface area contributed by atoms with Gasteiger partial charge in [-0.15, -0.1) is 0 Å². The molecule has 1 aromatic rings. The van der Waals surface area contributed by atoms with Crippen LogP contribution in [0.2, 0.25) is 0 Å². The van der Waals surface area contributed by atoms with Crippen LogP contribution in [-0.4, -0.2) is 47.5 Å². The highest BCUT2D eigenvalue weighted by Crippen LogP contribution is 2.26. The number of esters is 1. The molecular weight excluding hydrogens is 445 g/mol. The van der Waals surface area contributed by atoms with Crippen molar-refractivity contribution in [1.29, 1.82) is 0 Å². The first kappa shape index (κ1) is 29.0. The van der Waals surface area contributed by atoms with Crippen molar-refractivity contribution in [2.45, 2.75) is 91.6 Å². The van der Waals surface area contributed by atoms with Gasteiger partial charge < -0.3 is 24.8 Å². The van der Waals surface area contributed by atoms with E-state index in [1.807, 2.05) is 0 Å². The summed E-state index contributed by atoms with van der Waals surface area (Å²) in [5.41, 5.74) is -2.06. The summed E-state index contributed by atoms with van der Waals surface area (Å²) in [5, 5.41) is 7.90. The third-order valence-corrected chi connectivity index (χ3v) is 3.77. The van der Waals surface area contributed by atoms with Gasteiger partial charge in [0.05, 0.1) is 11.4 Å². The predicted octanol–water partition coefficient (Wildman–Crippen LogP) is 5.21. The van der Waals surface area contributed by atoms with Gasteiger partial charge in [0.15, 0.2) is 0 Å². The number of anilines is 2. The number of para-hydroxylation sites is 1. The third kappa shape index (κ3) is 11.7. The average Bonchev–Trinajstić information content (AvgIpc) is 2.58. The molecule has 0 aliphatic heterocycles.